The predicted octanol–water partition coefficient (Wildman–Crippen LogP) is 3.45. The maximum absolute atomic E-state index is 12.2. The van der Waals surface area contributed by atoms with Gasteiger partial charge in [-0.15, -0.1) is 0 Å². The number of aromatic amines is 1. The number of fused-ring (bicyclic) bond motifs is 1. The highest BCUT2D eigenvalue weighted by Crippen LogP contribution is 2.31. The topological polar surface area (TPSA) is 62.8 Å². The maximum Gasteiger partial charge on any atom is 0.259 e. The summed E-state index contributed by atoms with van der Waals surface area (Å²) in [5, 5.41) is 1.28. The van der Waals surface area contributed by atoms with E-state index in [4.69, 9.17) is 11.6 Å². The average molecular weight is 299 g/mol. The second-order valence-electron chi connectivity index (χ2n) is 4.69. The fourth-order valence-electron chi connectivity index (χ4n) is 2.42. The van der Waals surface area contributed by atoms with E-state index in [0.717, 1.165) is 10.9 Å². The number of carbonyl (C=O) groups excluding carboxylic acids is 1. The Morgan fingerprint density at radius 1 is 1.19 bits per heavy atom. The van der Waals surface area contributed by atoms with Crippen molar-refractivity contribution in [3.05, 3.63) is 63.7 Å². The molecule has 0 spiro atoms. The molecule has 2 heterocycles. The van der Waals surface area contributed by atoms with Crippen LogP contribution in [-0.4, -0.2) is 15.8 Å². The fourth-order valence-corrected chi connectivity index (χ4v) is 2.59. The van der Waals surface area contributed by atoms with Gasteiger partial charge >= 0.3 is 0 Å². The molecule has 1 aromatic carbocycles. The molecule has 5 heteroatoms. The molecular weight excluding hydrogens is 288 g/mol. The van der Waals surface area contributed by atoms with Gasteiger partial charge in [-0.25, -0.2) is 0 Å². The summed E-state index contributed by atoms with van der Waals surface area (Å²) in [4.78, 5) is 30.8. The molecule has 0 bridgehead atoms. The number of aromatic nitrogens is 2. The van der Waals surface area contributed by atoms with Crippen LogP contribution >= 0.6 is 11.6 Å². The van der Waals surface area contributed by atoms with Gasteiger partial charge in [0.25, 0.3) is 5.56 Å². The van der Waals surface area contributed by atoms with Crippen molar-refractivity contribution in [3.63, 3.8) is 0 Å². The first-order valence-electron chi connectivity index (χ1n) is 6.35. The number of hydrogen-bond acceptors (Lipinski definition) is 3. The van der Waals surface area contributed by atoms with Crippen LogP contribution in [0.15, 0.2) is 47.5 Å². The normalized spacial score (nSPS) is 10.8. The molecule has 3 rings (SSSR count). The van der Waals surface area contributed by atoms with Crippen LogP contribution in [0.25, 0.3) is 22.0 Å². The molecule has 0 aliphatic carbocycles. The summed E-state index contributed by atoms with van der Waals surface area (Å²) < 4.78 is 0. The number of Topliss-reactive ketones (excluding diaryl/α,β-unsaturated/α-hetero) is 1. The summed E-state index contributed by atoms with van der Waals surface area (Å²) >= 11 is 6.06. The van der Waals surface area contributed by atoms with Gasteiger partial charge in [-0.2, -0.15) is 0 Å². The van der Waals surface area contributed by atoms with Crippen molar-refractivity contribution in [2.45, 2.75) is 6.92 Å². The maximum atomic E-state index is 12.2. The highest BCUT2D eigenvalue weighted by Gasteiger charge is 2.17. The number of pyridine rings is 2. The molecule has 0 aliphatic rings. The largest absolute Gasteiger partial charge is 0.321 e. The van der Waals surface area contributed by atoms with Gasteiger partial charge in [-0.3, -0.25) is 14.6 Å². The van der Waals surface area contributed by atoms with E-state index < -0.39 is 5.56 Å². The van der Waals surface area contributed by atoms with Crippen LogP contribution in [-0.2, 0) is 0 Å². The quantitative estimate of drug-likeness (QED) is 0.737. The van der Waals surface area contributed by atoms with E-state index in [1.807, 2.05) is 0 Å². The van der Waals surface area contributed by atoms with Gasteiger partial charge in [0.15, 0.2) is 5.78 Å². The van der Waals surface area contributed by atoms with E-state index >= 15 is 0 Å². The zero-order valence-corrected chi connectivity index (χ0v) is 11.9. The molecule has 0 atom stereocenters. The number of rotatable bonds is 2. The Labute approximate surface area is 125 Å². The Kier molecular flexibility index (Phi) is 3.31. The molecule has 0 radical (unpaired) electrons. The highest BCUT2D eigenvalue weighted by molar-refractivity contribution is 6.31. The van der Waals surface area contributed by atoms with Gasteiger partial charge in [0, 0.05) is 33.9 Å². The van der Waals surface area contributed by atoms with Crippen LogP contribution < -0.4 is 5.56 Å². The number of hydrogen-bond donors (Lipinski definition) is 1. The lowest BCUT2D eigenvalue weighted by molar-refractivity contribution is 0.101. The molecule has 21 heavy (non-hydrogen) atoms. The first-order chi connectivity index (χ1) is 10.1. The third kappa shape index (κ3) is 2.34. The van der Waals surface area contributed by atoms with Crippen LogP contribution in [0, 0.1) is 0 Å². The minimum atomic E-state index is -0.399. The summed E-state index contributed by atoms with van der Waals surface area (Å²) in [6.07, 6.45) is 3.24. The van der Waals surface area contributed by atoms with Crippen molar-refractivity contribution >= 4 is 28.3 Å². The average Bonchev–Trinajstić information content (AvgIpc) is 2.47. The monoisotopic (exact) mass is 298 g/mol. The molecule has 0 aliphatic heterocycles. The minimum absolute atomic E-state index is 0.135. The van der Waals surface area contributed by atoms with Crippen molar-refractivity contribution in [1.29, 1.82) is 0 Å². The Morgan fingerprint density at radius 2 is 1.90 bits per heavy atom. The van der Waals surface area contributed by atoms with Crippen molar-refractivity contribution in [1.82, 2.24) is 9.97 Å². The number of benzene rings is 1. The second-order valence-corrected chi connectivity index (χ2v) is 5.12. The molecule has 4 nitrogen and oxygen atoms in total. The summed E-state index contributed by atoms with van der Waals surface area (Å²) in [5.41, 5.74) is 1.72. The number of nitrogens with one attached hydrogen (secondary N) is 1. The first kappa shape index (κ1) is 13.5. The molecular formula is C16H11ClN2O2. The molecule has 0 fully saturated rings. The Hall–Kier alpha value is -2.46. The van der Waals surface area contributed by atoms with E-state index in [-0.39, 0.29) is 11.3 Å². The van der Waals surface area contributed by atoms with E-state index in [2.05, 4.69) is 9.97 Å². The van der Waals surface area contributed by atoms with E-state index in [1.54, 1.807) is 42.7 Å². The third-order valence-electron chi connectivity index (χ3n) is 3.30. The lowest BCUT2D eigenvalue weighted by atomic mass is 9.95. The van der Waals surface area contributed by atoms with Crippen molar-refractivity contribution in [3.8, 4) is 11.1 Å². The lowest BCUT2D eigenvalue weighted by Crippen LogP contribution is -2.18. The van der Waals surface area contributed by atoms with Gasteiger partial charge in [-0.05, 0) is 42.8 Å². The molecule has 1 N–H and O–H groups in total. The zero-order valence-electron chi connectivity index (χ0n) is 11.2. The van der Waals surface area contributed by atoms with E-state index in [9.17, 15) is 9.59 Å². The van der Waals surface area contributed by atoms with Crippen LogP contribution in [0.5, 0.6) is 0 Å². The van der Waals surface area contributed by atoms with Crippen molar-refractivity contribution in [2.75, 3.05) is 0 Å². The molecule has 0 amide bonds. The summed E-state index contributed by atoms with van der Waals surface area (Å²) in [6.45, 7) is 1.38. The Bertz CT molecular complexity index is 901. The van der Waals surface area contributed by atoms with Crippen LogP contribution in [0.1, 0.15) is 17.3 Å². The van der Waals surface area contributed by atoms with Crippen molar-refractivity contribution in [2.24, 2.45) is 0 Å². The second kappa shape index (κ2) is 5.14. The van der Waals surface area contributed by atoms with Crippen LogP contribution in [0.2, 0.25) is 5.02 Å². The zero-order chi connectivity index (χ0) is 15.0. The van der Waals surface area contributed by atoms with E-state index in [0.29, 0.717) is 16.1 Å². The minimum Gasteiger partial charge on any atom is -0.321 e. The van der Waals surface area contributed by atoms with Gasteiger partial charge in [0.2, 0.25) is 0 Å². The fraction of sp³-hybridized carbons (Fsp3) is 0.0625. The number of H-pyrrole nitrogens is 1. The number of carbonyl (C=O) groups is 1. The predicted molar refractivity (Wildman–Crippen MR) is 82.8 cm³/mol. The first-order valence-corrected chi connectivity index (χ1v) is 6.72. The lowest BCUT2D eigenvalue weighted by Gasteiger charge is -2.11. The van der Waals surface area contributed by atoms with Gasteiger partial charge in [-0.1, -0.05) is 11.6 Å². The van der Waals surface area contributed by atoms with Gasteiger partial charge < -0.3 is 4.98 Å². The van der Waals surface area contributed by atoms with E-state index in [1.165, 1.54) is 6.92 Å². The summed E-state index contributed by atoms with van der Waals surface area (Å²) in [6, 6.07) is 8.70. The van der Waals surface area contributed by atoms with Gasteiger partial charge in [0.1, 0.15) is 0 Å². The highest BCUT2D eigenvalue weighted by atomic mass is 35.5. The number of nitrogens with zero attached hydrogens (tertiary/aromatic N) is 1. The summed E-state index contributed by atoms with van der Waals surface area (Å²) in [7, 11) is 0. The number of halogens is 1. The third-order valence-corrected chi connectivity index (χ3v) is 3.53. The standard InChI is InChI=1S/C16H11ClN2O2/c1-9(20)14-15(10-4-6-18-7-5-10)12-8-11(17)2-3-13(12)19-16(14)21/h2-8H,1H3,(H,19,21). The van der Waals surface area contributed by atoms with Crippen LogP contribution in [0.3, 0.4) is 0 Å². The molecule has 3 aromatic rings. The number of ketones is 1. The molecule has 0 unspecified atom stereocenters. The Morgan fingerprint density at radius 3 is 2.57 bits per heavy atom. The summed E-state index contributed by atoms with van der Waals surface area (Å²) in [5.74, 6) is -0.287. The van der Waals surface area contributed by atoms with Crippen molar-refractivity contribution < 1.29 is 4.79 Å². The smallest absolute Gasteiger partial charge is 0.259 e. The van der Waals surface area contributed by atoms with Crippen LogP contribution in [0.4, 0.5) is 0 Å². The molecule has 0 saturated carbocycles. The molecule has 2 aromatic heterocycles. The Balaban J connectivity index is 2.53. The van der Waals surface area contributed by atoms with Gasteiger partial charge in [0.05, 0.1) is 5.56 Å². The molecule has 0 saturated heterocycles. The SMILES string of the molecule is CC(=O)c1c(-c2ccncc2)c2cc(Cl)ccc2[nH]c1=O. The molecule has 104 valence electrons.